The molecular formula is C17H15. The van der Waals surface area contributed by atoms with Crippen LogP contribution in [0, 0.1) is 6.42 Å². The number of rotatable bonds is 2. The van der Waals surface area contributed by atoms with E-state index in [2.05, 4.69) is 68.0 Å². The highest BCUT2D eigenvalue weighted by atomic mass is 14.2. The van der Waals surface area contributed by atoms with Crippen molar-refractivity contribution >= 4 is 6.08 Å². The van der Waals surface area contributed by atoms with Crippen LogP contribution in [-0.2, 0) is 0 Å². The van der Waals surface area contributed by atoms with Gasteiger partial charge in [0.2, 0.25) is 0 Å². The van der Waals surface area contributed by atoms with Crippen LogP contribution in [0.1, 0.15) is 24.5 Å². The molecule has 0 amide bonds. The molecule has 0 saturated carbocycles. The predicted octanol–water partition coefficient (Wildman–Crippen LogP) is 4.71. The van der Waals surface area contributed by atoms with Crippen LogP contribution in [0.15, 0.2) is 54.1 Å². The van der Waals surface area contributed by atoms with Crippen LogP contribution in [0.4, 0.5) is 0 Å². The highest BCUT2D eigenvalue weighted by Gasteiger charge is 2.15. The number of fused-ring (bicyclic) bond motifs is 1. The molecule has 0 aliphatic heterocycles. The predicted molar refractivity (Wildman–Crippen MR) is 73.5 cm³/mol. The van der Waals surface area contributed by atoms with Gasteiger partial charge in [-0.15, -0.1) is 0 Å². The third kappa shape index (κ3) is 1.80. The zero-order valence-corrected chi connectivity index (χ0v) is 9.98. The highest BCUT2D eigenvalue weighted by Crippen LogP contribution is 2.35. The van der Waals surface area contributed by atoms with Gasteiger partial charge in [0.1, 0.15) is 0 Å². The minimum absolute atomic E-state index is 1.10. The van der Waals surface area contributed by atoms with E-state index in [1.807, 2.05) is 0 Å². The van der Waals surface area contributed by atoms with E-state index in [-0.39, 0.29) is 0 Å². The maximum absolute atomic E-state index is 2.32. The fourth-order valence-electron chi connectivity index (χ4n) is 2.37. The van der Waals surface area contributed by atoms with Gasteiger partial charge in [-0.05, 0) is 28.7 Å². The Morgan fingerprint density at radius 3 is 2.47 bits per heavy atom. The van der Waals surface area contributed by atoms with Crippen molar-refractivity contribution in [2.45, 2.75) is 13.3 Å². The summed E-state index contributed by atoms with van der Waals surface area (Å²) in [6, 6.07) is 17.1. The maximum Gasteiger partial charge on any atom is 0.0164 e. The monoisotopic (exact) mass is 219 g/mol. The van der Waals surface area contributed by atoms with E-state index in [1.54, 1.807) is 0 Å². The molecule has 0 spiro atoms. The minimum Gasteiger partial charge on any atom is -0.0622 e. The molecule has 0 heteroatoms. The molecule has 0 fully saturated rings. The first kappa shape index (κ1) is 10.3. The molecule has 3 rings (SSSR count). The summed E-state index contributed by atoms with van der Waals surface area (Å²) in [5.74, 6) is 0. The van der Waals surface area contributed by atoms with Crippen molar-refractivity contribution < 1.29 is 0 Å². The van der Waals surface area contributed by atoms with Gasteiger partial charge in [-0.2, -0.15) is 0 Å². The summed E-state index contributed by atoms with van der Waals surface area (Å²) >= 11 is 0. The summed E-state index contributed by atoms with van der Waals surface area (Å²) in [5, 5.41) is 0. The lowest BCUT2D eigenvalue weighted by molar-refractivity contribution is 1.14. The first-order valence-corrected chi connectivity index (χ1v) is 6.12. The Kier molecular flexibility index (Phi) is 2.56. The minimum atomic E-state index is 1.10. The lowest BCUT2D eigenvalue weighted by Gasteiger charge is -2.07. The first-order chi connectivity index (χ1) is 8.38. The molecule has 0 bridgehead atoms. The number of allylic oxidation sites excluding steroid dienone is 1. The Morgan fingerprint density at radius 1 is 0.882 bits per heavy atom. The van der Waals surface area contributed by atoms with Crippen LogP contribution in [-0.4, -0.2) is 0 Å². The first-order valence-electron chi connectivity index (χ1n) is 6.12. The van der Waals surface area contributed by atoms with Crippen LogP contribution in [0.5, 0.6) is 0 Å². The molecule has 1 aliphatic carbocycles. The van der Waals surface area contributed by atoms with Crippen LogP contribution < -0.4 is 0 Å². The number of hydrogen-bond donors (Lipinski definition) is 0. The van der Waals surface area contributed by atoms with Crippen LogP contribution in [0.25, 0.3) is 17.2 Å². The average Bonchev–Trinajstić information content (AvgIpc) is 2.82. The molecule has 2 aromatic rings. The van der Waals surface area contributed by atoms with Crippen LogP contribution >= 0.6 is 0 Å². The summed E-state index contributed by atoms with van der Waals surface area (Å²) in [5.41, 5.74) is 6.77. The summed E-state index contributed by atoms with van der Waals surface area (Å²) in [7, 11) is 0. The fraction of sp³-hybridized carbons (Fsp3) is 0.118. The Morgan fingerprint density at radius 2 is 1.71 bits per heavy atom. The topological polar surface area (TPSA) is 0 Å². The van der Waals surface area contributed by atoms with Gasteiger partial charge in [-0.1, -0.05) is 67.1 Å². The summed E-state index contributed by atoms with van der Waals surface area (Å²) < 4.78 is 0. The highest BCUT2D eigenvalue weighted by molar-refractivity contribution is 5.83. The van der Waals surface area contributed by atoms with Crippen molar-refractivity contribution in [1.82, 2.24) is 0 Å². The van der Waals surface area contributed by atoms with Gasteiger partial charge < -0.3 is 0 Å². The van der Waals surface area contributed by atoms with Crippen molar-refractivity contribution in [3.8, 4) is 11.1 Å². The normalized spacial score (nSPS) is 13.4. The van der Waals surface area contributed by atoms with Gasteiger partial charge in [-0.3, -0.25) is 0 Å². The molecule has 1 aliphatic rings. The largest absolute Gasteiger partial charge is 0.0622 e. The fourth-order valence-corrected chi connectivity index (χ4v) is 2.37. The second-order valence-corrected chi connectivity index (χ2v) is 4.39. The quantitative estimate of drug-likeness (QED) is 0.686. The van der Waals surface area contributed by atoms with E-state index in [0.717, 1.165) is 6.42 Å². The second-order valence-electron chi connectivity index (χ2n) is 4.39. The Balaban J connectivity index is 2.15. The van der Waals surface area contributed by atoms with E-state index in [0.29, 0.717) is 0 Å². The van der Waals surface area contributed by atoms with Crippen molar-refractivity contribution in [3.05, 3.63) is 71.7 Å². The molecule has 83 valence electrons. The zero-order valence-electron chi connectivity index (χ0n) is 9.98. The molecule has 0 saturated heterocycles. The summed E-state index contributed by atoms with van der Waals surface area (Å²) in [4.78, 5) is 0. The third-order valence-corrected chi connectivity index (χ3v) is 3.30. The molecule has 0 heterocycles. The summed E-state index contributed by atoms with van der Waals surface area (Å²) in [6.07, 6.45) is 5.71. The molecule has 0 nitrogen and oxygen atoms in total. The molecule has 17 heavy (non-hydrogen) atoms. The zero-order chi connectivity index (χ0) is 11.7. The summed E-state index contributed by atoms with van der Waals surface area (Å²) in [6.45, 7) is 2.20. The lowest BCUT2D eigenvalue weighted by atomic mass is 9.97. The van der Waals surface area contributed by atoms with E-state index in [1.165, 1.54) is 27.8 Å². The number of hydrogen-bond acceptors (Lipinski definition) is 0. The third-order valence-electron chi connectivity index (χ3n) is 3.30. The standard InChI is InChI=1S/C17H15/c1-2-13-11-15-9-6-10-16(17(15)12-13)14-7-4-3-5-8-14/h3-12H,2H2,1H3. The molecule has 2 aromatic carbocycles. The van der Waals surface area contributed by atoms with E-state index < -0.39 is 0 Å². The van der Waals surface area contributed by atoms with Gasteiger partial charge in [0, 0.05) is 6.42 Å². The molecule has 1 radical (unpaired) electrons. The Bertz CT molecular complexity index is 562. The number of benzene rings is 2. The van der Waals surface area contributed by atoms with Gasteiger partial charge in [0.05, 0.1) is 0 Å². The van der Waals surface area contributed by atoms with Crippen molar-refractivity contribution in [2.24, 2.45) is 0 Å². The van der Waals surface area contributed by atoms with Crippen molar-refractivity contribution in [3.63, 3.8) is 0 Å². The van der Waals surface area contributed by atoms with E-state index in [9.17, 15) is 0 Å². The van der Waals surface area contributed by atoms with Gasteiger partial charge in [-0.25, -0.2) is 0 Å². The molecule has 0 aromatic heterocycles. The smallest absolute Gasteiger partial charge is 0.0164 e. The SMILES string of the molecule is CCC1=Cc2c(cccc2-c2ccccc2)[CH]1. The Hall–Kier alpha value is -1.82. The van der Waals surface area contributed by atoms with Crippen molar-refractivity contribution in [2.75, 3.05) is 0 Å². The average molecular weight is 219 g/mol. The van der Waals surface area contributed by atoms with Gasteiger partial charge >= 0.3 is 0 Å². The Labute approximate surface area is 103 Å². The van der Waals surface area contributed by atoms with Gasteiger partial charge in [0.25, 0.3) is 0 Å². The lowest BCUT2D eigenvalue weighted by Crippen LogP contribution is -1.85. The molecular weight excluding hydrogens is 204 g/mol. The molecule has 0 atom stereocenters. The van der Waals surface area contributed by atoms with Gasteiger partial charge in [0.15, 0.2) is 0 Å². The molecule has 0 N–H and O–H groups in total. The molecule has 0 unspecified atom stereocenters. The second kappa shape index (κ2) is 4.21. The van der Waals surface area contributed by atoms with Crippen LogP contribution in [0.3, 0.4) is 0 Å². The van der Waals surface area contributed by atoms with E-state index in [4.69, 9.17) is 0 Å². The maximum atomic E-state index is 2.32. The van der Waals surface area contributed by atoms with Crippen molar-refractivity contribution in [1.29, 1.82) is 0 Å². The van der Waals surface area contributed by atoms with Crippen LogP contribution in [0.2, 0.25) is 0 Å². The van der Waals surface area contributed by atoms with E-state index >= 15 is 0 Å².